The molecule has 1 atom stereocenters. The van der Waals surface area contributed by atoms with Gasteiger partial charge in [0.05, 0.1) is 16.2 Å². The lowest BCUT2D eigenvalue weighted by molar-refractivity contribution is -0.384. The van der Waals surface area contributed by atoms with E-state index >= 15 is 0 Å². The van der Waals surface area contributed by atoms with E-state index in [2.05, 4.69) is 17.2 Å². The third-order valence-corrected chi connectivity index (χ3v) is 6.14. The number of ether oxygens (including phenoxy) is 1. The Morgan fingerprint density at radius 2 is 2.12 bits per heavy atom. The third kappa shape index (κ3) is 5.23. The molecule has 0 amide bonds. The molecule has 1 saturated heterocycles. The maximum Gasteiger partial charge on any atom is 0.338 e. The highest BCUT2D eigenvalue weighted by Gasteiger charge is 2.25. The number of anilines is 3. The number of thiazole rings is 1. The lowest BCUT2D eigenvalue weighted by Crippen LogP contribution is -2.34. The summed E-state index contributed by atoms with van der Waals surface area (Å²) in [6.07, 6.45) is 2.12. The molecular formula is C23H24N4O4S. The standard InChI is InChI=1S/C23H24N4O4S/c1-16-6-5-11-26(13-16)20-10-9-17(12-21(20)27(29)30)22(28)31-14-19-15-32-23(25-19)24-18-7-3-2-4-8-18/h2-4,7-10,12,15-16H,5-6,11,13-14H2,1H3,(H,24,25). The molecule has 4 rings (SSSR count). The molecule has 1 unspecified atom stereocenters. The highest BCUT2D eigenvalue weighted by atomic mass is 32.1. The monoisotopic (exact) mass is 452 g/mol. The normalized spacial score (nSPS) is 15.9. The molecule has 1 aliphatic rings. The number of nitrogens with zero attached hydrogens (tertiary/aromatic N) is 3. The number of rotatable bonds is 7. The van der Waals surface area contributed by atoms with E-state index in [4.69, 9.17) is 4.74 Å². The minimum absolute atomic E-state index is 0.00894. The number of carbonyl (C=O) groups excluding carboxylic acids is 1. The van der Waals surface area contributed by atoms with Crippen LogP contribution < -0.4 is 10.2 Å². The van der Waals surface area contributed by atoms with Crippen LogP contribution in [0.4, 0.5) is 22.2 Å². The smallest absolute Gasteiger partial charge is 0.338 e. The number of hydrogen-bond donors (Lipinski definition) is 1. The van der Waals surface area contributed by atoms with Crippen LogP contribution in [-0.2, 0) is 11.3 Å². The van der Waals surface area contributed by atoms with Gasteiger partial charge in [-0.1, -0.05) is 25.1 Å². The van der Waals surface area contributed by atoms with Crippen LogP contribution in [-0.4, -0.2) is 29.0 Å². The Morgan fingerprint density at radius 3 is 2.88 bits per heavy atom. The molecule has 1 aromatic heterocycles. The predicted octanol–water partition coefficient (Wildman–Crippen LogP) is 5.39. The number of benzene rings is 2. The minimum atomic E-state index is -0.614. The molecule has 166 valence electrons. The lowest BCUT2D eigenvalue weighted by atomic mass is 9.99. The maximum atomic E-state index is 12.5. The summed E-state index contributed by atoms with van der Waals surface area (Å²) in [7, 11) is 0. The van der Waals surface area contributed by atoms with E-state index in [1.165, 1.54) is 17.4 Å². The molecule has 32 heavy (non-hydrogen) atoms. The molecule has 1 N–H and O–H groups in total. The van der Waals surface area contributed by atoms with Gasteiger partial charge < -0.3 is 15.0 Å². The summed E-state index contributed by atoms with van der Waals surface area (Å²) in [4.78, 5) is 30.2. The van der Waals surface area contributed by atoms with E-state index < -0.39 is 10.9 Å². The van der Waals surface area contributed by atoms with Crippen molar-refractivity contribution < 1.29 is 14.5 Å². The van der Waals surface area contributed by atoms with Crippen LogP contribution in [0.15, 0.2) is 53.9 Å². The van der Waals surface area contributed by atoms with Gasteiger partial charge in [-0.3, -0.25) is 10.1 Å². The first-order valence-electron chi connectivity index (χ1n) is 10.5. The number of piperidine rings is 1. The van der Waals surface area contributed by atoms with Gasteiger partial charge in [-0.05, 0) is 43.0 Å². The van der Waals surface area contributed by atoms with E-state index in [1.54, 1.807) is 12.1 Å². The van der Waals surface area contributed by atoms with Crippen LogP contribution in [0.5, 0.6) is 0 Å². The molecule has 1 fully saturated rings. The fraction of sp³-hybridized carbons (Fsp3) is 0.304. The number of aromatic nitrogens is 1. The number of hydrogen-bond acceptors (Lipinski definition) is 8. The van der Waals surface area contributed by atoms with Gasteiger partial charge in [-0.15, -0.1) is 11.3 Å². The van der Waals surface area contributed by atoms with Crippen molar-refractivity contribution in [2.75, 3.05) is 23.3 Å². The zero-order valence-electron chi connectivity index (χ0n) is 17.7. The van der Waals surface area contributed by atoms with Gasteiger partial charge >= 0.3 is 5.97 Å². The largest absolute Gasteiger partial charge is 0.456 e. The minimum Gasteiger partial charge on any atom is -0.456 e. The molecule has 3 aromatic rings. The van der Waals surface area contributed by atoms with Crippen molar-refractivity contribution in [1.29, 1.82) is 0 Å². The van der Waals surface area contributed by atoms with Gasteiger partial charge in [-0.25, -0.2) is 9.78 Å². The Morgan fingerprint density at radius 1 is 1.31 bits per heavy atom. The Kier molecular flexibility index (Phi) is 6.65. The number of nitrogens with one attached hydrogen (secondary N) is 1. The molecule has 2 heterocycles. The predicted molar refractivity (Wildman–Crippen MR) is 125 cm³/mol. The maximum absolute atomic E-state index is 12.5. The quantitative estimate of drug-likeness (QED) is 0.292. The van der Waals surface area contributed by atoms with Crippen LogP contribution in [0.25, 0.3) is 0 Å². The average molecular weight is 453 g/mol. The van der Waals surface area contributed by atoms with Crippen LogP contribution in [0.1, 0.15) is 35.8 Å². The second-order valence-electron chi connectivity index (χ2n) is 7.87. The molecule has 0 saturated carbocycles. The van der Waals surface area contributed by atoms with Crippen LogP contribution in [0, 0.1) is 16.0 Å². The SMILES string of the molecule is CC1CCCN(c2ccc(C(=O)OCc3csc(Nc4ccccc4)n3)cc2[N+](=O)[O-])C1. The van der Waals surface area contributed by atoms with E-state index in [9.17, 15) is 14.9 Å². The summed E-state index contributed by atoms with van der Waals surface area (Å²) >= 11 is 1.41. The van der Waals surface area contributed by atoms with E-state index in [1.807, 2.05) is 40.6 Å². The number of nitro benzene ring substituents is 1. The van der Waals surface area contributed by atoms with Gasteiger partial charge in [0.1, 0.15) is 12.3 Å². The van der Waals surface area contributed by atoms with Crippen molar-refractivity contribution in [3.63, 3.8) is 0 Å². The third-order valence-electron chi connectivity index (χ3n) is 5.33. The van der Waals surface area contributed by atoms with E-state index in [0.29, 0.717) is 22.4 Å². The van der Waals surface area contributed by atoms with Crippen LogP contribution in [0.3, 0.4) is 0 Å². The summed E-state index contributed by atoms with van der Waals surface area (Å²) in [5.74, 6) is -0.135. The molecule has 9 heteroatoms. The Hall–Kier alpha value is -3.46. The molecule has 0 bridgehead atoms. The summed E-state index contributed by atoms with van der Waals surface area (Å²) in [6.45, 7) is 3.68. The fourth-order valence-corrected chi connectivity index (χ4v) is 4.49. The zero-order chi connectivity index (χ0) is 22.5. The average Bonchev–Trinajstić information content (AvgIpc) is 3.25. The van der Waals surface area contributed by atoms with Gasteiger partial charge in [0, 0.05) is 30.2 Å². The summed E-state index contributed by atoms with van der Waals surface area (Å²) < 4.78 is 5.36. The number of carbonyl (C=O) groups is 1. The first-order chi connectivity index (χ1) is 15.5. The lowest BCUT2D eigenvalue weighted by Gasteiger charge is -2.32. The molecule has 2 aromatic carbocycles. The van der Waals surface area contributed by atoms with Gasteiger partial charge in [0.2, 0.25) is 0 Å². The van der Waals surface area contributed by atoms with Crippen molar-refractivity contribution in [2.24, 2.45) is 5.92 Å². The van der Waals surface area contributed by atoms with Crippen LogP contribution >= 0.6 is 11.3 Å². The van der Waals surface area contributed by atoms with Crippen molar-refractivity contribution >= 4 is 39.5 Å². The summed E-state index contributed by atoms with van der Waals surface area (Å²) in [5, 5.41) is 17.4. The fourth-order valence-electron chi connectivity index (χ4n) is 3.77. The van der Waals surface area contributed by atoms with E-state index in [-0.39, 0.29) is 17.9 Å². The zero-order valence-corrected chi connectivity index (χ0v) is 18.5. The van der Waals surface area contributed by atoms with Crippen LogP contribution in [0.2, 0.25) is 0 Å². The van der Waals surface area contributed by atoms with Gasteiger partial charge in [0.15, 0.2) is 5.13 Å². The Balaban J connectivity index is 1.41. The topological polar surface area (TPSA) is 97.6 Å². The number of nitro groups is 1. The van der Waals surface area contributed by atoms with Crippen molar-refractivity contribution in [3.05, 3.63) is 75.3 Å². The van der Waals surface area contributed by atoms with Gasteiger partial charge in [-0.2, -0.15) is 0 Å². The van der Waals surface area contributed by atoms with Gasteiger partial charge in [0.25, 0.3) is 5.69 Å². The van der Waals surface area contributed by atoms with Crippen molar-refractivity contribution in [3.8, 4) is 0 Å². The molecule has 0 radical (unpaired) electrons. The Bertz CT molecular complexity index is 1100. The first kappa shape index (κ1) is 21.8. The molecule has 0 aliphatic carbocycles. The van der Waals surface area contributed by atoms with E-state index in [0.717, 1.165) is 31.6 Å². The molecular weight excluding hydrogens is 428 g/mol. The molecule has 8 nitrogen and oxygen atoms in total. The molecule has 1 aliphatic heterocycles. The summed E-state index contributed by atoms with van der Waals surface area (Å²) in [6, 6.07) is 14.2. The molecule has 0 spiro atoms. The Labute approximate surface area is 190 Å². The second-order valence-corrected chi connectivity index (χ2v) is 8.72. The van der Waals surface area contributed by atoms with Crippen molar-refractivity contribution in [1.82, 2.24) is 4.98 Å². The first-order valence-corrected chi connectivity index (χ1v) is 11.3. The number of esters is 1. The highest BCUT2D eigenvalue weighted by Crippen LogP contribution is 2.32. The highest BCUT2D eigenvalue weighted by molar-refractivity contribution is 7.13. The second kappa shape index (κ2) is 9.78. The summed E-state index contributed by atoms with van der Waals surface area (Å²) in [5.41, 5.74) is 2.16. The van der Waals surface area contributed by atoms with Crippen molar-refractivity contribution in [2.45, 2.75) is 26.4 Å². The number of para-hydroxylation sites is 1.